The van der Waals surface area contributed by atoms with Crippen molar-refractivity contribution in [2.45, 2.75) is 13.3 Å². The van der Waals surface area contributed by atoms with Gasteiger partial charge in [-0.2, -0.15) is 4.39 Å². The molecule has 0 radical (unpaired) electrons. The number of nitrogens with zero attached hydrogens (tertiary/aromatic N) is 3. The molecule has 2 N–H and O–H groups in total. The van der Waals surface area contributed by atoms with E-state index >= 15 is 0 Å². The highest BCUT2D eigenvalue weighted by atomic mass is 32.2. The SMILES string of the molecule is CCS(=O)(=O)Nc1nc(N2CCc3cc(-c4ccc(C(=O)F)cc4)ccc3C2=O)cnc1O. The molecule has 0 saturated carbocycles. The minimum Gasteiger partial charge on any atom is -0.491 e. The van der Waals surface area contributed by atoms with E-state index in [2.05, 4.69) is 14.7 Å². The van der Waals surface area contributed by atoms with E-state index in [9.17, 15) is 27.5 Å². The Balaban J connectivity index is 1.61. The number of hydrogen-bond donors (Lipinski definition) is 2. The predicted molar refractivity (Wildman–Crippen MR) is 119 cm³/mol. The second-order valence-corrected chi connectivity index (χ2v) is 9.35. The summed E-state index contributed by atoms with van der Waals surface area (Å²) in [6.07, 6.45) is 1.69. The van der Waals surface area contributed by atoms with Gasteiger partial charge in [0.25, 0.3) is 11.8 Å². The van der Waals surface area contributed by atoms with Crippen LogP contribution in [0.5, 0.6) is 5.88 Å². The minimum absolute atomic E-state index is 0.0295. The number of nitrogens with one attached hydrogen (secondary N) is 1. The Morgan fingerprint density at radius 1 is 1.18 bits per heavy atom. The van der Waals surface area contributed by atoms with Crippen LogP contribution >= 0.6 is 0 Å². The lowest BCUT2D eigenvalue weighted by Crippen LogP contribution is -2.38. The van der Waals surface area contributed by atoms with E-state index in [1.807, 2.05) is 6.07 Å². The molecule has 0 fully saturated rings. The molecule has 0 unspecified atom stereocenters. The third-order valence-electron chi connectivity index (χ3n) is 5.28. The minimum atomic E-state index is -3.70. The van der Waals surface area contributed by atoms with Crippen molar-refractivity contribution in [3.63, 3.8) is 0 Å². The first-order valence-electron chi connectivity index (χ1n) is 10.00. The second kappa shape index (κ2) is 8.58. The van der Waals surface area contributed by atoms with Crippen LogP contribution in [0.15, 0.2) is 48.7 Å². The third-order valence-corrected chi connectivity index (χ3v) is 6.54. The maximum absolute atomic E-state index is 13.1. The first-order chi connectivity index (χ1) is 15.7. The molecule has 0 bridgehead atoms. The number of anilines is 2. The molecule has 4 rings (SSSR count). The van der Waals surface area contributed by atoms with Gasteiger partial charge < -0.3 is 5.11 Å². The van der Waals surface area contributed by atoms with Crippen LogP contribution in [-0.4, -0.2) is 47.7 Å². The number of rotatable bonds is 6. The Kier molecular flexibility index (Phi) is 5.81. The van der Waals surface area contributed by atoms with Crippen molar-refractivity contribution < 1.29 is 27.5 Å². The van der Waals surface area contributed by atoms with Crippen LogP contribution in [0.25, 0.3) is 11.1 Å². The summed E-state index contributed by atoms with van der Waals surface area (Å²) in [7, 11) is -3.70. The van der Waals surface area contributed by atoms with Crippen molar-refractivity contribution in [3.8, 4) is 17.0 Å². The zero-order chi connectivity index (χ0) is 23.8. The van der Waals surface area contributed by atoms with Crippen LogP contribution in [0.2, 0.25) is 0 Å². The van der Waals surface area contributed by atoms with E-state index < -0.39 is 21.9 Å². The van der Waals surface area contributed by atoms with Gasteiger partial charge in [-0.1, -0.05) is 24.3 Å². The Hall–Kier alpha value is -3.86. The molecular formula is C22H19FN4O5S. The second-order valence-electron chi connectivity index (χ2n) is 7.34. The molecule has 33 heavy (non-hydrogen) atoms. The van der Waals surface area contributed by atoms with Crippen LogP contribution < -0.4 is 9.62 Å². The summed E-state index contributed by atoms with van der Waals surface area (Å²) in [5.74, 6) is -1.40. The molecular weight excluding hydrogens is 451 g/mol. The lowest BCUT2D eigenvalue weighted by atomic mass is 9.94. The predicted octanol–water partition coefficient (Wildman–Crippen LogP) is 2.92. The monoisotopic (exact) mass is 470 g/mol. The Labute approximate surface area is 189 Å². The molecule has 9 nitrogen and oxygen atoms in total. The molecule has 0 spiro atoms. The van der Waals surface area contributed by atoms with Gasteiger partial charge in [0.15, 0.2) is 5.82 Å². The lowest BCUT2D eigenvalue weighted by molar-refractivity contribution is 0.0835. The number of carbonyl (C=O) groups is 2. The van der Waals surface area contributed by atoms with Gasteiger partial charge in [0.05, 0.1) is 17.5 Å². The molecule has 170 valence electrons. The molecule has 11 heteroatoms. The number of sulfonamides is 1. The maximum Gasteiger partial charge on any atom is 0.332 e. The van der Waals surface area contributed by atoms with E-state index in [1.54, 1.807) is 24.3 Å². The zero-order valence-corrected chi connectivity index (χ0v) is 18.3. The van der Waals surface area contributed by atoms with E-state index in [1.165, 1.54) is 30.2 Å². The summed E-state index contributed by atoms with van der Waals surface area (Å²) in [6.45, 7) is 1.70. The largest absolute Gasteiger partial charge is 0.491 e. The van der Waals surface area contributed by atoms with Gasteiger partial charge in [-0.05, 0) is 48.2 Å². The Morgan fingerprint density at radius 3 is 2.55 bits per heavy atom. The quantitative estimate of drug-likeness (QED) is 0.530. The summed E-state index contributed by atoms with van der Waals surface area (Å²) < 4.78 is 38.6. The summed E-state index contributed by atoms with van der Waals surface area (Å²) >= 11 is 0. The topological polar surface area (TPSA) is 130 Å². The molecule has 0 atom stereocenters. The number of benzene rings is 2. The number of aromatic hydroxyl groups is 1. The van der Waals surface area contributed by atoms with Crippen LogP contribution in [0.3, 0.4) is 0 Å². The van der Waals surface area contributed by atoms with Gasteiger partial charge in [-0.15, -0.1) is 0 Å². The highest BCUT2D eigenvalue weighted by Crippen LogP contribution is 2.30. The molecule has 1 aromatic heterocycles. The molecule has 1 amide bonds. The average molecular weight is 470 g/mol. The van der Waals surface area contributed by atoms with E-state index in [0.717, 1.165) is 16.7 Å². The summed E-state index contributed by atoms with van der Waals surface area (Å²) in [6, 6.07) is 9.85. The lowest BCUT2D eigenvalue weighted by Gasteiger charge is -2.28. The van der Waals surface area contributed by atoms with Crippen LogP contribution in [-0.2, 0) is 16.4 Å². The highest BCUT2D eigenvalue weighted by Gasteiger charge is 2.28. The number of fused-ring (bicyclic) bond motifs is 1. The maximum atomic E-state index is 13.1. The first kappa shape index (κ1) is 22.3. The smallest absolute Gasteiger partial charge is 0.332 e. The molecule has 0 aliphatic carbocycles. The Bertz CT molecular complexity index is 1360. The van der Waals surface area contributed by atoms with Crippen LogP contribution in [0.4, 0.5) is 16.0 Å². The standard InChI is InChI=1S/C22H19FN4O5S/c1-2-33(31,32)26-20-21(29)24-12-18(25-20)27-10-9-16-11-15(7-8-17(16)22(27)30)13-3-5-14(6-4-13)19(23)28/h3-8,11-12H,2,9-10H2,1H3,(H,24,29)(H,25,26). The molecule has 2 aromatic carbocycles. The van der Waals surface area contributed by atoms with Crippen molar-refractivity contribution in [3.05, 3.63) is 65.4 Å². The molecule has 0 saturated heterocycles. The molecule has 1 aliphatic heterocycles. The van der Waals surface area contributed by atoms with E-state index in [-0.39, 0.29) is 35.4 Å². The first-order valence-corrected chi connectivity index (χ1v) is 11.7. The number of hydrogen-bond acceptors (Lipinski definition) is 7. The molecule has 3 aromatic rings. The highest BCUT2D eigenvalue weighted by molar-refractivity contribution is 7.92. The van der Waals surface area contributed by atoms with Crippen molar-refractivity contribution >= 4 is 33.6 Å². The number of halogens is 1. The van der Waals surface area contributed by atoms with E-state index in [4.69, 9.17) is 0 Å². The molecule has 1 aliphatic rings. The third kappa shape index (κ3) is 4.53. The summed E-state index contributed by atoms with van der Waals surface area (Å²) in [5, 5.41) is 9.86. The summed E-state index contributed by atoms with van der Waals surface area (Å²) in [5.41, 5.74) is 2.81. The number of amides is 1. The van der Waals surface area contributed by atoms with Gasteiger partial charge in [0, 0.05) is 12.1 Å². The van der Waals surface area contributed by atoms with Crippen molar-refractivity contribution in [2.24, 2.45) is 0 Å². The fourth-order valence-electron chi connectivity index (χ4n) is 3.47. The van der Waals surface area contributed by atoms with Crippen molar-refractivity contribution in [2.75, 3.05) is 21.9 Å². The van der Waals surface area contributed by atoms with Crippen molar-refractivity contribution in [1.29, 1.82) is 0 Å². The zero-order valence-electron chi connectivity index (χ0n) is 17.4. The summed E-state index contributed by atoms with van der Waals surface area (Å²) in [4.78, 5) is 33.1. The van der Waals surface area contributed by atoms with Gasteiger partial charge in [0.1, 0.15) is 0 Å². The van der Waals surface area contributed by atoms with Crippen molar-refractivity contribution in [1.82, 2.24) is 9.97 Å². The van der Waals surface area contributed by atoms with Crippen LogP contribution in [0, 0.1) is 0 Å². The number of carbonyl (C=O) groups excluding carboxylic acids is 2. The fraction of sp³-hybridized carbons (Fsp3) is 0.182. The Morgan fingerprint density at radius 2 is 1.88 bits per heavy atom. The normalized spacial score (nSPS) is 13.5. The van der Waals surface area contributed by atoms with Crippen LogP contribution in [0.1, 0.15) is 33.2 Å². The van der Waals surface area contributed by atoms with Gasteiger partial charge >= 0.3 is 6.04 Å². The van der Waals surface area contributed by atoms with Gasteiger partial charge in [0.2, 0.25) is 15.8 Å². The van der Waals surface area contributed by atoms with Gasteiger partial charge in [-0.25, -0.2) is 18.4 Å². The number of aromatic nitrogens is 2. The van der Waals surface area contributed by atoms with Gasteiger partial charge in [-0.3, -0.25) is 19.2 Å². The van der Waals surface area contributed by atoms with E-state index in [0.29, 0.717) is 12.0 Å². The molecule has 2 heterocycles. The fourth-order valence-corrected chi connectivity index (χ4v) is 4.05. The average Bonchev–Trinajstić information content (AvgIpc) is 2.80.